The molecule has 7 nitrogen and oxygen atoms in total. The number of nitrogens with two attached hydrogens (primary N) is 1. The second-order valence-corrected chi connectivity index (χ2v) is 4.77. The Morgan fingerprint density at radius 3 is 2.16 bits per heavy atom. The largest absolute Gasteiger partial charge is 0.480 e. The summed E-state index contributed by atoms with van der Waals surface area (Å²) in [5, 5.41) is 13.8. The van der Waals surface area contributed by atoms with Crippen molar-refractivity contribution in [2.24, 2.45) is 11.7 Å². The summed E-state index contributed by atoms with van der Waals surface area (Å²) in [7, 11) is 0. The second-order valence-electron chi connectivity index (χ2n) is 4.77. The maximum Gasteiger partial charge on any atom is 0.326 e. The number of primary amides is 1. The van der Waals surface area contributed by atoms with Gasteiger partial charge in [0.25, 0.3) is 0 Å². The Kier molecular flexibility index (Phi) is 7.55. The molecule has 0 bridgehead atoms. The van der Waals surface area contributed by atoms with Crippen LogP contribution in [0.4, 0.5) is 4.79 Å². The molecule has 0 aromatic carbocycles. The van der Waals surface area contributed by atoms with Gasteiger partial charge in [-0.1, -0.05) is 33.6 Å². The number of rotatable bonds is 8. The predicted octanol–water partition coefficient (Wildman–Crippen LogP) is 0.439. The normalized spacial score (nSPS) is 13.7. The van der Waals surface area contributed by atoms with E-state index in [1.807, 2.05) is 6.92 Å². The molecule has 3 amide bonds. The zero-order chi connectivity index (χ0) is 15.0. The first-order valence-electron chi connectivity index (χ1n) is 6.38. The Balaban J connectivity index is 4.65. The van der Waals surface area contributed by atoms with Crippen LogP contribution in [0.3, 0.4) is 0 Å². The Morgan fingerprint density at radius 1 is 1.21 bits per heavy atom. The third kappa shape index (κ3) is 6.64. The number of hydrogen-bond acceptors (Lipinski definition) is 3. The van der Waals surface area contributed by atoms with E-state index in [0.29, 0.717) is 12.8 Å². The molecule has 5 N–H and O–H groups in total. The molecule has 0 heterocycles. The van der Waals surface area contributed by atoms with Gasteiger partial charge in [0.1, 0.15) is 12.1 Å². The monoisotopic (exact) mass is 273 g/mol. The molecule has 0 rings (SSSR count). The van der Waals surface area contributed by atoms with Gasteiger partial charge < -0.3 is 21.5 Å². The molecule has 0 aromatic rings. The highest BCUT2D eigenvalue weighted by Crippen LogP contribution is 2.05. The van der Waals surface area contributed by atoms with Gasteiger partial charge in [-0.3, -0.25) is 4.79 Å². The standard InChI is InChI=1S/C12H23N3O4/c1-4-5-6-8(11(17)18)14-10(16)9(7(2)3)15-12(13)19/h7-9H,4-6H2,1-3H3,(H,14,16)(H,17,18)(H3,13,15,19). The number of carboxylic acid groups (broad SMARTS) is 1. The van der Waals surface area contributed by atoms with Gasteiger partial charge in [0.2, 0.25) is 5.91 Å². The number of urea groups is 1. The zero-order valence-electron chi connectivity index (χ0n) is 11.6. The fourth-order valence-electron chi connectivity index (χ4n) is 1.62. The van der Waals surface area contributed by atoms with Crippen molar-refractivity contribution < 1.29 is 19.5 Å². The van der Waals surface area contributed by atoms with Crippen LogP contribution in [0.5, 0.6) is 0 Å². The van der Waals surface area contributed by atoms with Crippen LogP contribution in [0.25, 0.3) is 0 Å². The molecule has 0 radical (unpaired) electrons. The highest BCUT2D eigenvalue weighted by atomic mass is 16.4. The lowest BCUT2D eigenvalue weighted by molar-refractivity contribution is -0.142. The van der Waals surface area contributed by atoms with Gasteiger partial charge in [0, 0.05) is 0 Å². The van der Waals surface area contributed by atoms with Crippen LogP contribution in [-0.4, -0.2) is 35.1 Å². The fourth-order valence-corrected chi connectivity index (χ4v) is 1.62. The minimum absolute atomic E-state index is 0.187. The van der Waals surface area contributed by atoms with Crippen LogP contribution < -0.4 is 16.4 Å². The number of carbonyl (C=O) groups excluding carboxylic acids is 2. The molecule has 110 valence electrons. The van der Waals surface area contributed by atoms with Crippen LogP contribution in [0.15, 0.2) is 0 Å². The van der Waals surface area contributed by atoms with Crippen LogP contribution in [-0.2, 0) is 9.59 Å². The molecule has 19 heavy (non-hydrogen) atoms. The van der Waals surface area contributed by atoms with E-state index in [1.165, 1.54) is 0 Å². The van der Waals surface area contributed by atoms with Gasteiger partial charge >= 0.3 is 12.0 Å². The molecule has 0 saturated heterocycles. The third-order valence-electron chi connectivity index (χ3n) is 2.71. The van der Waals surface area contributed by atoms with Gasteiger partial charge in [-0.2, -0.15) is 0 Å². The molecule has 0 fully saturated rings. The minimum Gasteiger partial charge on any atom is -0.480 e. The maximum atomic E-state index is 12.0. The average molecular weight is 273 g/mol. The summed E-state index contributed by atoms with van der Waals surface area (Å²) in [5.74, 6) is -1.80. The summed E-state index contributed by atoms with van der Waals surface area (Å²) < 4.78 is 0. The Morgan fingerprint density at radius 2 is 1.79 bits per heavy atom. The quantitative estimate of drug-likeness (QED) is 0.512. The van der Waals surface area contributed by atoms with Gasteiger partial charge in [0.05, 0.1) is 0 Å². The summed E-state index contributed by atoms with van der Waals surface area (Å²) in [6.45, 7) is 5.41. The number of hydrogen-bond donors (Lipinski definition) is 4. The van der Waals surface area contributed by atoms with E-state index in [1.54, 1.807) is 13.8 Å². The van der Waals surface area contributed by atoms with E-state index in [0.717, 1.165) is 6.42 Å². The van der Waals surface area contributed by atoms with Crippen molar-refractivity contribution in [1.82, 2.24) is 10.6 Å². The first kappa shape index (κ1) is 17.2. The molecule has 7 heteroatoms. The number of amides is 3. The summed E-state index contributed by atoms with van der Waals surface area (Å²) in [6.07, 6.45) is 1.90. The van der Waals surface area contributed by atoms with Crippen molar-refractivity contribution in [1.29, 1.82) is 0 Å². The Bertz CT molecular complexity index is 331. The maximum absolute atomic E-state index is 12.0. The molecule has 0 aliphatic rings. The first-order valence-corrected chi connectivity index (χ1v) is 6.38. The summed E-state index contributed by atoms with van der Waals surface area (Å²) in [5.41, 5.74) is 4.99. The predicted molar refractivity (Wildman–Crippen MR) is 70.4 cm³/mol. The Hall–Kier alpha value is -1.79. The Labute approximate surface area is 112 Å². The average Bonchev–Trinajstić information content (AvgIpc) is 2.30. The fraction of sp³-hybridized carbons (Fsp3) is 0.750. The lowest BCUT2D eigenvalue weighted by Crippen LogP contribution is -2.54. The van der Waals surface area contributed by atoms with E-state index < -0.39 is 30.0 Å². The van der Waals surface area contributed by atoms with Crippen molar-refractivity contribution in [3.8, 4) is 0 Å². The summed E-state index contributed by atoms with van der Waals surface area (Å²) >= 11 is 0. The second kappa shape index (κ2) is 8.34. The smallest absolute Gasteiger partial charge is 0.326 e. The summed E-state index contributed by atoms with van der Waals surface area (Å²) in [4.78, 5) is 33.8. The topological polar surface area (TPSA) is 122 Å². The third-order valence-corrected chi connectivity index (χ3v) is 2.71. The van der Waals surface area contributed by atoms with Crippen LogP contribution in [0.1, 0.15) is 40.0 Å². The van der Waals surface area contributed by atoms with E-state index in [4.69, 9.17) is 10.8 Å². The van der Waals surface area contributed by atoms with Crippen LogP contribution in [0.2, 0.25) is 0 Å². The molecule has 0 aliphatic heterocycles. The van der Waals surface area contributed by atoms with Crippen LogP contribution >= 0.6 is 0 Å². The highest BCUT2D eigenvalue weighted by Gasteiger charge is 2.27. The zero-order valence-corrected chi connectivity index (χ0v) is 11.6. The molecule has 2 unspecified atom stereocenters. The lowest BCUT2D eigenvalue weighted by atomic mass is 10.0. The molecule has 2 atom stereocenters. The SMILES string of the molecule is CCCCC(NC(=O)C(NC(N)=O)C(C)C)C(=O)O. The summed E-state index contributed by atoms with van der Waals surface area (Å²) in [6, 6.07) is -2.58. The van der Waals surface area contributed by atoms with Crippen molar-refractivity contribution in [2.45, 2.75) is 52.1 Å². The molecule has 0 spiro atoms. The van der Waals surface area contributed by atoms with E-state index in [2.05, 4.69) is 10.6 Å². The lowest BCUT2D eigenvalue weighted by Gasteiger charge is -2.23. The van der Waals surface area contributed by atoms with E-state index in [9.17, 15) is 14.4 Å². The highest BCUT2D eigenvalue weighted by molar-refractivity contribution is 5.89. The van der Waals surface area contributed by atoms with Crippen LogP contribution in [0, 0.1) is 5.92 Å². The van der Waals surface area contributed by atoms with Gasteiger partial charge in [-0.15, -0.1) is 0 Å². The van der Waals surface area contributed by atoms with Crippen molar-refractivity contribution in [3.05, 3.63) is 0 Å². The molecule has 0 aliphatic carbocycles. The minimum atomic E-state index is -1.08. The van der Waals surface area contributed by atoms with E-state index >= 15 is 0 Å². The number of nitrogens with one attached hydrogen (secondary N) is 2. The van der Waals surface area contributed by atoms with Gasteiger partial charge in [0.15, 0.2) is 0 Å². The molecule has 0 saturated carbocycles. The van der Waals surface area contributed by atoms with Gasteiger partial charge in [-0.25, -0.2) is 9.59 Å². The van der Waals surface area contributed by atoms with Crippen molar-refractivity contribution in [3.63, 3.8) is 0 Å². The van der Waals surface area contributed by atoms with Crippen molar-refractivity contribution in [2.75, 3.05) is 0 Å². The molecule has 0 aromatic heterocycles. The first-order chi connectivity index (χ1) is 8.79. The number of aliphatic carboxylic acids is 1. The number of carboxylic acids is 1. The van der Waals surface area contributed by atoms with Gasteiger partial charge in [-0.05, 0) is 12.3 Å². The van der Waals surface area contributed by atoms with Crippen molar-refractivity contribution >= 4 is 17.9 Å². The molecular weight excluding hydrogens is 250 g/mol. The number of carbonyl (C=O) groups is 3. The molecular formula is C12H23N3O4. The van der Waals surface area contributed by atoms with E-state index in [-0.39, 0.29) is 5.92 Å². The number of unbranched alkanes of at least 4 members (excludes halogenated alkanes) is 1.